The Balaban J connectivity index is 2.18. The van der Waals surface area contributed by atoms with Gasteiger partial charge in [0.15, 0.2) is 0 Å². The van der Waals surface area contributed by atoms with Gasteiger partial charge in [-0.25, -0.2) is 4.79 Å². The van der Waals surface area contributed by atoms with Gasteiger partial charge in [0, 0.05) is 18.3 Å². The van der Waals surface area contributed by atoms with Crippen molar-refractivity contribution in [3.05, 3.63) is 21.4 Å². The topological polar surface area (TPSA) is 66.8 Å². The van der Waals surface area contributed by atoms with Crippen LogP contribution in [0.2, 0.25) is 0 Å². The molecule has 0 fully saturated rings. The van der Waals surface area contributed by atoms with E-state index in [4.69, 9.17) is 9.84 Å². The number of aliphatic carboxylic acids is 1. The summed E-state index contributed by atoms with van der Waals surface area (Å²) in [5, 5.41) is 8.90. The van der Waals surface area contributed by atoms with Crippen molar-refractivity contribution in [1.82, 2.24) is 4.90 Å². The number of rotatable bonds is 3. The van der Waals surface area contributed by atoms with Crippen molar-refractivity contribution < 1.29 is 19.4 Å². The van der Waals surface area contributed by atoms with Gasteiger partial charge in [0.2, 0.25) is 0 Å². The van der Waals surface area contributed by atoms with Crippen molar-refractivity contribution in [1.29, 1.82) is 0 Å². The number of fused-ring (bicyclic) bond motifs is 1. The lowest BCUT2D eigenvalue weighted by Crippen LogP contribution is -2.39. The van der Waals surface area contributed by atoms with Gasteiger partial charge in [-0.2, -0.15) is 0 Å². The van der Waals surface area contributed by atoms with Gasteiger partial charge in [-0.05, 0) is 18.6 Å². The summed E-state index contributed by atoms with van der Waals surface area (Å²) in [5.74, 6) is -1.25. The molecule has 1 unspecified atom stereocenters. The summed E-state index contributed by atoms with van der Waals surface area (Å²) in [7, 11) is 1.51. The Labute approximate surface area is 109 Å². The van der Waals surface area contributed by atoms with Crippen molar-refractivity contribution in [3.8, 4) is 0 Å². The normalized spacial score (nSPS) is 15.9. The molecule has 1 atom stereocenters. The van der Waals surface area contributed by atoms with Gasteiger partial charge in [-0.1, -0.05) is 0 Å². The van der Waals surface area contributed by atoms with E-state index in [2.05, 4.69) is 0 Å². The minimum absolute atomic E-state index is 0.246. The molecule has 18 heavy (non-hydrogen) atoms. The number of hydrogen-bond acceptors (Lipinski definition) is 4. The third kappa shape index (κ3) is 2.39. The largest absolute Gasteiger partial charge is 0.480 e. The van der Waals surface area contributed by atoms with Gasteiger partial charge in [-0.15, -0.1) is 11.3 Å². The average Bonchev–Trinajstić information content (AvgIpc) is 2.79. The predicted molar refractivity (Wildman–Crippen MR) is 66.9 cm³/mol. The molecule has 2 heterocycles. The van der Waals surface area contributed by atoms with Gasteiger partial charge >= 0.3 is 5.97 Å². The molecular formula is C12H15NO4S. The standard InChI is InChI=1S/C12H15NO4S/c1-7(12(15)16)13(2)11(14)10-5-8-6-17-4-3-9(8)18-10/h5,7H,3-4,6H2,1-2H3,(H,15,16). The van der Waals surface area contributed by atoms with Crippen molar-refractivity contribution in [3.63, 3.8) is 0 Å². The third-order valence-corrected chi connectivity index (χ3v) is 4.32. The van der Waals surface area contributed by atoms with E-state index in [9.17, 15) is 9.59 Å². The summed E-state index contributed by atoms with van der Waals surface area (Å²) in [5.41, 5.74) is 1.05. The quantitative estimate of drug-likeness (QED) is 0.900. The molecule has 5 nitrogen and oxygen atoms in total. The SMILES string of the molecule is CC(C(=O)O)N(C)C(=O)c1cc2c(s1)CCOC2. The molecule has 0 aliphatic carbocycles. The van der Waals surface area contributed by atoms with Gasteiger partial charge < -0.3 is 14.7 Å². The molecule has 1 amide bonds. The monoisotopic (exact) mass is 269 g/mol. The van der Waals surface area contributed by atoms with Crippen molar-refractivity contribution in [2.24, 2.45) is 0 Å². The van der Waals surface area contributed by atoms with Crippen molar-refractivity contribution >= 4 is 23.2 Å². The van der Waals surface area contributed by atoms with Crippen molar-refractivity contribution in [2.45, 2.75) is 26.0 Å². The second kappa shape index (κ2) is 5.07. The second-order valence-corrected chi connectivity index (χ2v) is 5.43. The minimum atomic E-state index is -1.00. The zero-order valence-electron chi connectivity index (χ0n) is 10.3. The summed E-state index contributed by atoms with van der Waals surface area (Å²) in [6.07, 6.45) is 0.825. The molecule has 1 aromatic rings. The summed E-state index contributed by atoms with van der Waals surface area (Å²) in [6, 6.07) is 0.986. The first-order chi connectivity index (χ1) is 8.50. The van der Waals surface area contributed by atoms with Crippen LogP contribution in [-0.2, 0) is 22.6 Å². The number of amides is 1. The fourth-order valence-electron chi connectivity index (χ4n) is 1.77. The van der Waals surface area contributed by atoms with Crippen LogP contribution in [0.15, 0.2) is 6.07 Å². The van der Waals surface area contributed by atoms with Crippen molar-refractivity contribution in [2.75, 3.05) is 13.7 Å². The highest BCUT2D eigenvalue weighted by molar-refractivity contribution is 7.14. The Morgan fingerprint density at radius 2 is 2.28 bits per heavy atom. The number of ether oxygens (including phenoxy) is 1. The van der Waals surface area contributed by atoms with E-state index in [-0.39, 0.29) is 5.91 Å². The van der Waals surface area contributed by atoms with E-state index in [1.54, 1.807) is 0 Å². The molecule has 0 saturated carbocycles. The fraction of sp³-hybridized carbons (Fsp3) is 0.500. The molecule has 0 radical (unpaired) electrons. The molecule has 0 saturated heterocycles. The Morgan fingerprint density at radius 1 is 1.56 bits per heavy atom. The number of carbonyl (C=O) groups excluding carboxylic acids is 1. The highest BCUT2D eigenvalue weighted by atomic mass is 32.1. The Bertz CT molecular complexity index is 459. The first-order valence-corrected chi connectivity index (χ1v) is 6.51. The number of carboxylic acids is 1. The van der Waals surface area contributed by atoms with E-state index in [0.717, 1.165) is 12.0 Å². The van der Waals surface area contributed by atoms with Gasteiger partial charge in [0.25, 0.3) is 5.91 Å². The molecule has 2 rings (SSSR count). The predicted octanol–water partition coefficient (Wildman–Crippen LogP) is 1.37. The fourth-order valence-corrected chi connectivity index (χ4v) is 2.90. The Kier molecular flexibility index (Phi) is 3.68. The number of carboxylic acid groups (broad SMARTS) is 1. The molecule has 1 aromatic heterocycles. The highest BCUT2D eigenvalue weighted by Crippen LogP contribution is 2.27. The van der Waals surface area contributed by atoms with Gasteiger partial charge in [-0.3, -0.25) is 4.79 Å². The highest BCUT2D eigenvalue weighted by Gasteiger charge is 2.25. The maximum atomic E-state index is 12.1. The smallest absolute Gasteiger partial charge is 0.326 e. The molecule has 0 spiro atoms. The van der Waals surface area contributed by atoms with Crippen LogP contribution >= 0.6 is 11.3 Å². The number of thiophene rings is 1. The molecule has 1 aliphatic rings. The number of likely N-dealkylation sites (N-methyl/N-ethyl adjacent to an activating group) is 1. The number of carbonyl (C=O) groups is 2. The van der Waals surface area contributed by atoms with E-state index < -0.39 is 12.0 Å². The molecule has 1 N–H and O–H groups in total. The number of hydrogen-bond donors (Lipinski definition) is 1. The van der Waals surface area contributed by atoms with E-state index in [1.807, 2.05) is 6.07 Å². The number of nitrogens with zero attached hydrogens (tertiary/aromatic N) is 1. The molecule has 6 heteroatoms. The van der Waals surface area contributed by atoms with Crippen LogP contribution in [0.25, 0.3) is 0 Å². The van der Waals surface area contributed by atoms with E-state index in [1.165, 1.54) is 35.1 Å². The maximum Gasteiger partial charge on any atom is 0.326 e. The summed E-state index contributed by atoms with van der Waals surface area (Å²) >= 11 is 1.44. The summed E-state index contributed by atoms with van der Waals surface area (Å²) in [6.45, 7) is 2.72. The Morgan fingerprint density at radius 3 is 2.89 bits per heavy atom. The Hall–Kier alpha value is -1.40. The lowest BCUT2D eigenvalue weighted by molar-refractivity contribution is -0.141. The van der Waals surface area contributed by atoms with Gasteiger partial charge in [0.1, 0.15) is 6.04 Å². The van der Waals surface area contributed by atoms with Crippen LogP contribution in [0.5, 0.6) is 0 Å². The molecule has 1 aliphatic heterocycles. The first kappa shape index (κ1) is 13.0. The van der Waals surface area contributed by atoms with Gasteiger partial charge in [0.05, 0.1) is 18.1 Å². The molecular weight excluding hydrogens is 254 g/mol. The maximum absolute atomic E-state index is 12.1. The van der Waals surface area contributed by atoms with E-state index in [0.29, 0.717) is 18.1 Å². The van der Waals surface area contributed by atoms with Crippen LogP contribution in [0.4, 0.5) is 0 Å². The van der Waals surface area contributed by atoms with Crippen LogP contribution in [0.3, 0.4) is 0 Å². The van der Waals surface area contributed by atoms with Crippen LogP contribution in [0, 0.1) is 0 Å². The lowest BCUT2D eigenvalue weighted by atomic mass is 10.2. The minimum Gasteiger partial charge on any atom is -0.480 e. The summed E-state index contributed by atoms with van der Waals surface area (Å²) in [4.78, 5) is 26.0. The lowest BCUT2D eigenvalue weighted by Gasteiger charge is -2.20. The molecule has 0 bridgehead atoms. The van der Waals surface area contributed by atoms with E-state index >= 15 is 0 Å². The zero-order chi connectivity index (χ0) is 13.3. The zero-order valence-corrected chi connectivity index (χ0v) is 11.1. The van der Waals surface area contributed by atoms with Crippen LogP contribution in [0.1, 0.15) is 27.0 Å². The van der Waals surface area contributed by atoms with Crippen LogP contribution < -0.4 is 0 Å². The second-order valence-electron chi connectivity index (χ2n) is 4.29. The average molecular weight is 269 g/mol. The van der Waals surface area contributed by atoms with Crippen LogP contribution in [-0.4, -0.2) is 41.6 Å². The molecule has 0 aromatic carbocycles. The summed E-state index contributed by atoms with van der Waals surface area (Å²) < 4.78 is 5.32. The first-order valence-electron chi connectivity index (χ1n) is 5.70. The molecule has 98 valence electrons. The third-order valence-electron chi connectivity index (χ3n) is 3.10.